The zero-order valence-corrected chi connectivity index (χ0v) is 15.2. The Morgan fingerprint density at radius 1 is 1.04 bits per heavy atom. The number of aromatic amines is 1. The maximum absolute atomic E-state index is 4.70. The Morgan fingerprint density at radius 2 is 1.93 bits per heavy atom. The third kappa shape index (κ3) is 3.76. The molecule has 0 fully saturated rings. The second-order valence-corrected chi connectivity index (χ2v) is 6.34. The van der Waals surface area contributed by atoms with Crippen LogP contribution in [-0.2, 0) is 19.4 Å². The molecule has 3 aromatic heterocycles. The van der Waals surface area contributed by atoms with Crippen molar-refractivity contribution in [1.29, 1.82) is 0 Å². The van der Waals surface area contributed by atoms with Crippen molar-refractivity contribution in [2.45, 2.75) is 32.7 Å². The van der Waals surface area contributed by atoms with Crippen LogP contribution in [0.4, 0.5) is 0 Å². The minimum Gasteiger partial charge on any atom is -0.329 e. The predicted octanol–water partition coefficient (Wildman–Crippen LogP) is 3.32. The van der Waals surface area contributed by atoms with Crippen molar-refractivity contribution in [1.82, 2.24) is 35.2 Å². The van der Waals surface area contributed by atoms with E-state index < -0.39 is 0 Å². The summed E-state index contributed by atoms with van der Waals surface area (Å²) in [5.74, 6) is 0.727. The van der Waals surface area contributed by atoms with E-state index >= 15 is 0 Å². The minimum absolute atomic E-state index is 0.727. The van der Waals surface area contributed by atoms with Crippen LogP contribution in [0.5, 0.6) is 0 Å². The molecule has 136 valence electrons. The van der Waals surface area contributed by atoms with E-state index in [0.717, 1.165) is 54.3 Å². The van der Waals surface area contributed by atoms with Crippen LogP contribution in [0.15, 0.2) is 55.0 Å². The molecule has 27 heavy (non-hydrogen) atoms. The second-order valence-electron chi connectivity index (χ2n) is 6.34. The summed E-state index contributed by atoms with van der Waals surface area (Å²) in [4.78, 5) is 9.39. The molecule has 0 aliphatic rings. The molecule has 0 saturated carbocycles. The van der Waals surface area contributed by atoms with Crippen LogP contribution in [0.3, 0.4) is 0 Å². The standard InChI is InChI=1S/C20H21N7/c1-2-15-10-11-17(21-13-15)20-19(16-7-4-3-5-8-16)22-14-27(20)12-6-9-18-23-25-26-24-18/h3-5,7-8,10-11,13-14H,2,6,9,12H2,1H3,(H,23,24,25,26). The molecule has 0 bridgehead atoms. The van der Waals surface area contributed by atoms with Gasteiger partial charge in [0.15, 0.2) is 5.82 Å². The highest BCUT2D eigenvalue weighted by Gasteiger charge is 2.16. The number of benzene rings is 1. The third-order valence-electron chi connectivity index (χ3n) is 4.55. The van der Waals surface area contributed by atoms with Crippen molar-refractivity contribution in [3.63, 3.8) is 0 Å². The molecule has 1 aromatic carbocycles. The average Bonchev–Trinajstić information content (AvgIpc) is 3.39. The van der Waals surface area contributed by atoms with Crippen LogP contribution in [-0.4, -0.2) is 35.2 Å². The number of aromatic nitrogens is 7. The molecule has 0 unspecified atom stereocenters. The van der Waals surface area contributed by atoms with E-state index in [-0.39, 0.29) is 0 Å². The average molecular weight is 359 g/mol. The number of pyridine rings is 1. The van der Waals surface area contributed by atoms with Crippen molar-refractivity contribution in [2.75, 3.05) is 0 Å². The first-order valence-corrected chi connectivity index (χ1v) is 9.13. The quantitative estimate of drug-likeness (QED) is 0.547. The van der Waals surface area contributed by atoms with E-state index in [1.54, 1.807) is 0 Å². The molecule has 3 heterocycles. The van der Waals surface area contributed by atoms with E-state index in [1.807, 2.05) is 30.7 Å². The molecule has 0 aliphatic carbocycles. The SMILES string of the molecule is CCc1ccc(-c2c(-c3ccccc3)ncn2CCCc2nn[nH]n2)nc1. The van der Waals surface area contributed by atoms with Gasteiger partial charge in [-0.15, -0.1) is 10.2 Å². The van der Waals surface area contributed by atoms with Gasteiger partial charge in [-0.2, -0.15) is 5.21 Å². The number of nitrogens with one attached hydrogen (secondary N) is 1. The summed E-state index contributed by atoms with van der Waals surface area (Å²) in [6.07, 6.45) is 6.47. The van der Waals surface area contributed by atoms with Gasteiger partial charge in [-0.1, -0.05) is 48.5 Å². The zero-order valence-electron chi connectivity index (χ0n) is 15.2. The lowest BCUT2D eigenvalue weighted by Crippen LogP contribution is -2.03. The molecule has 7 heteroatoms. The number of imidazole rings is 1. The highest BCUT2D eigenvalue weighted by molar-refractivity contribution is 5.76. The van der Waals surface area contributed by atoms with E-state index in [9.17, 15) is 0 Å². The number of aryl methyl sites for hydroxylation is 3. The molecule has 0 amide bonds. The molecule has 0 aliphatic heterocycles. The second kappa shape index (κ2) is 7.90. The zero-order chi connectivity index (χ0) is 18.5. The van der Waals surface area contributed by atoms with E-state index in [0.29, 0.717) is 0 Å². The molecular formula is C20H21N7. The van der Waals surface area contributed by atoms with Gasteiger partial charge in [-0.25, -0.2) is 4.98 Å². The van der Waals surface area contributed by atoms with Crippen LogP contribution < -0.4 is 0 Å². The fourth-order valence-corrected chi connectivity index (χ4v) is 3.10. The normalized spacial score (nSPS) is 11.0. The van der Waals surface area contributed by atoms with E-state index in [1.165, 1.54) is 5.56 Å². The summed E-state index contributed by atoms with van der Waals surface area (Å²) in [5, 5.41) is 14.1. The van der Waals surface area contributed by atoms with Crippen LogP contribution in [0.25, 0.3) is 22.6 Å². The first-order chi connectivity index (χ1) is 13.3. The molecule has 0 atom stereocenters. The Hall–Kier alpha value is -3.35. The number of hydrogen-bond acceptors (Lipinski definition) is 5. The smallest absolute Gasteiger partial charge is 0.174 e. The number of nitrogens with zero attached hydrogens (tertiary/aromatic N) is 6. The minimum atomic E-state index is 0.727. The summed E-state index contributed by atoms with van der Waals surface area (Å²) < 4.78 is 2.16. The Kier molecular flexibility index (Phi) is 5.00. The van der Waals surface area contributed by atoms with Gasteiger partial charge in [0.05, 0.1) is 23.4 Å². The van der Waals surface area contributed by atoms with Crippen LogP contribution >= 0.6 is 0 Å². The fourth-order valence-electron chi connectivity index (χ4n) is 3.10. The molecule has 0 spiro atoms. The topological polar surface area (TPSA) is 85.2 Å². The van der Waals surface area contributed by atoms with Crippen molar-refractivity contribution in [2.24, 2.45) is 0 Å². The molecule has 7 nitrogen and oxygen atoms in total. The van der Waals surface area contributed by atoms with E-state index in [4.69, 9.17) is 9.97 Å². The molecular weight excluding hydrogens is 338 g/mol. The lowest BCUT2D eigenvalue weighted by atomic mass is 10.1. The number of rotatable bonds is 7. The number of hydrogen-bond donors (Lipinski definition) is 1. The summed E-state index contributed by atoms with van der Waals surface area (Å²) in [5.41, 5.74) is 5.24. The Morgan fingerprint density at radius 3 is 2.63 bits per heavy atom. The maximum Gasteiger partial charge on any atom is 0.174 e. The predicted molar refractivity (Wildman–Crippen MR) is 103 cm³/mol. The third-order valence-corrected chi connectivity index (χ3v) is 4.55. The van der Waals surface area contributed by atoms with Gasteiger partial charge in [0.25, 0.3) is 0 Å². The summed E-state index contributed by atoms with van der Waals surface area (Å²) >= 11 is 0. The van der Waals surface area contributed by atoms with Gasteiger partial charge in [0, 0.05) is 24.7 Å². The lowest BCUT2D eigenvalue weighted by Gasteiger charge is -2.10. The Labute approximate surface area is 157 Å². The van der Waals surface area contributed by atoms with Crippen LogP contribution in [0, 0.1) is 0 Å². The largest absolute Gasteiger partial charge is 0.329 e. The summed E-state index contributed by atoms with van der Waals surface area (Å²) in [6.45, 7) is 2.94. The molecule has 0 radical (unpaired) electrons. The van der Waals surface area contributed by atoms with Gasteiger partial charge in [0.1, 0.15) is 0 Å². The van der Waals surface area contributed by atoms with Gasteiger partial charge in [0.2, 0.25) is 0 Å². The van der Waals surface area contributed by atoms with Gasteiger partial charge < -0.3 is 4.57 Å². The van der Waals surface area contributed by atoms with Crippen LogP contribution in [0.1, 0.15) is 24.7 Å². The Balaban J connectivity index is 1.66. The molecule has 1 N–H and O–H groups in total. The van der Waals surface area contributed by atoms with Crippen molar-refractivity contribution in [3.8, 4) is 22.6 Å². The molecule has 0 saturated heterocycles. The molecule has 4 rings (SSSR count). The van der Waals surface area contributed by atoms with Gasteiger partial charge in [-0.05, 0) is 24.5 Å². The van der Waals surface area contributed by atoms with E-state index in [2.05, 4.69) is 56.4 Å². The molecule has 4 aromatic rings. The maximum atomic E-state index is 4.70. The van der Waals surface area contributed by atoms with Gasteiger partial charge in [-0.3, -0.25) is 4.98 Å². The number of tetrazole rings is 1. The highest BCUT2D eigenvalue weighted by Crippen LogP contribution is 2.30. The van der Waals surface area contributed by atoms with Crippen molar-refractivity contribution >= 4 is 0 Å². The number of H-pyrrole nitrogens is 1. The monoisotopic (exact) mass is 359 g/mol. The highest BCUT2D eigenvalue weighted by atomic mass is 15.5. The van der Waals surface area contributed by atoms with Gasteiger partial charge >= 0.3 is 0 Å². The Bertz CT molecular complexity index is 973. The van der Waals surface area contributed by atoms with Crippen LogP contribution in [0.2, 0.25) is 0 Å². The first kappa shape index (κ1) is 17.1. The lowest BCUT2D eigenvalue weighted by molar-refractivity contribution is 0.632. The summed E-state index contributed by atoms with van der Waals surface area (Å²) in [6, 6.07) is 14.4. The fraction of sp³-hybridized carbons (Fsp3) is 0.250. The summed E-state index contributed by atoms with van der Waals surface area (Å²) in [7, 11) is 0. The first-order valence-electron chi connectivity index (χ1n) is 9.13. The van der Waals surface area contributed by atoms with Crippen molar-refractivity contribution in [3.05, 3.63) is 66.4 Å². The van der Waals surface area contributed by atoms with Crippen molar-refractivity contribution < 1.29 is 0 Å².